The first-order valence-corrected chi connectivity index (χ1v) is 6.53. The molecule has 104 valence electrons. The van der Waals surface area contributed by atoms with Gasteiger partial charge in [0.2, 0.25) is 0 Å². The Hall–Kier alpha value is -1.59. The summed E-state index contributed by atoms with van der Waals surface area (Å²) in [6.45, 7) is 6.68. The van der Waals surface area contributed by atoms with Crippen LogP contribution in [0.4, 0.5) is 0 Å². The van der Waals surface area contributed by atoms with E-state index in [1.54, 1.807) is 0 Å². The molecule has 1 aromatic heterocycles. The predicted octanol–water partition coefficient (Wildman–Crippen LogP) is 1.59. The van der Waals surface area contributed by atoms with E-state index in [0.29, 0.717) is 12.1 Å². The van der Waals surface area contributed by atoms with E-state index in [1.807, 2.05) is 18.2 Å². The third-order valence-electron chi connectivity index (χ3n) is 3.35. The second-order valence-corrected chi connectivity index (χ2v) is 5.64. The maximum atomic E-state index is 11.1. The third-order valence-corrected chi connectivity index (χ3v) is 3.35. The smallest absolute Gasteiger partial charge is 0.408 e. The first-order valence-electron chi connectivity index (χ1n) is 6.53. The van der Waals surface area contributed by atoms with Crippen LogP contribution in [0.25, 0.3) is 11.1 Å². The van der Waals surface area contributed by atoms with E-state index in [9.17, 15) is 4.79 Å². The number of hydrogen-bond donors (Lipinski definition) is 3. The Bertz CT molecular complexity index is 598. The average molecular weight is 263 g/mol. The number of nitrogens with two attached hydrogens (primary N) is 1. The predicted molar refractivity (Wildman–Crippen MR) is 76.0 cm³/mol. The lowest BCUT2D eigenvalue weighted by Crippen LogP contribution is -2.28. The molecule has 0 amide bonds. The fraction of sp³-hybridized carbons (Fsp3) is 0.500. The van der Waals surface area contributed by atoms with Crippen molar-refractivity contribution < 1.29 is 4.42 Å². The van der Waals surface area contributed by atoms with Crippen LogP contribution in [-0.2, 0) is 6.54 Å². The van der Waals surface area contributed by atoms with E-state index >= 15 is 0 Å². The van der Waals surface area contributed by atoms with Crippen LogP contribution in [0.3, 0.4) is 0 Å². The zero-order valence-corrected chi connectivity index (χ0v) is 11.5. The van der Waals surface area contributed by atoms with Gasteiger partial charge in [-0.15, -0.1) is 0 Å². The topological polar surface area (TPSA) is 84.0 Å². The zero-order valence-electron chi connectivity index (χ0n) is 11.5. The molecule has 0 fully saturated rings. The highest BCUT2D eigenvalue weighted by atomic mass is 16.4. The summed E-state index contributed by atoms with van der Waals surface area (Å²) in [6, 6.07) is 5.73. The number of rotatable bonds is 6. The maximum absolute atomic E-state index is 11.1. The van der Waals surface area contributed by atoms with Crippen molar-refractivity contribution in [1.82, 2.24) is 10.3 Å². The van der Waals surface area contributed by atoms with Crippen LogP contribution in [0.1, 0.15) is 25.8 Å². The van der Waals surface area contributed by atoms with E-state index in [-0.39, 0.29) is 5.41 Å². The molecule has 0 spiro atoms. The third kappa shape index (κ3) is 3.68. The van der Waals surface area contributed by atoms with Crippen LogP contribution in [0, 0.1) is 5.41 Å². The molecule has 1 heterocycles. The van der Waals surface area contributed by atoms with Crippen molar-refractivity contribution in [1.29, 1.82) is 0 Å². The van der Waals surface area contributed by atoms with Gasteiger partial charge < -0.3 is 15.5 Å². The fourth-order valence-electron chi connectivity index (χ4n) is 1.86. The minimum absolute atomic E-state index is 0.171. The highest BCUT2D eigenvalue weighted by molar-refractivity contribution is 5.72. The SMILES string of the molecule is CC(C)(CN)CCNCc1ccc2[nH]c(=O)oc2c1. The summed E-state index contributed by atoms with van der Waals surface area (Å²) in [5, 5.41) is 3.38. The lowest BCUT2D eigenvalue weighted by Gasteiger charge is -2.22. The quantitative estimate of drug-likeness (QED) is 0.691. The van der Waals surface area contributed by atoms with Crippen LogP contribution in [0.5, 0.6) is 0 Å². The Kier molecular flexibility index (Phi) is 4.07. The van der Waals surface area contributed by atoms with Crippen LogP contribution in [-0.4, -0.2) is 18.1 Å². The monoisotopic (exact) mass is 263 g/mol. The lowest BCUT2D eigenvalue weighted by atomic mass is 9.90. The largest absolute Gasteiger partial charge is 0.417 e. The molecule has 5 nitrogen and oxygen atoms in total. The summed E-state index contributed by atoms with van der Waals surface area (Å²) < 4.78 is 5.03. The van der Waals surface area contributed by atoms with Gasteiger partial charge in [0.1, 0.15) is 0 Å². The van der Waals surface area contributed by atoms with Gasteiger partial charge in [-0.3, -0.25) is 4.98 Å². The maximum Gasteiger partial charge on any atom is 0.417 e. The highest BCUT2D eigenvalue weighted by Crippen LogP contribution is 2.17. The van der Waals surface area contributed by atoms with Gasteiger partial charge in [0.25, 0.3) is 0 Å². The minimum Gasteiger partial charge on any atom is -0.408 e. The van der Waals surface area contributed by atoms with Crippen molar-refractivity contribution >= 4 is 11.1 Å². The van der Waals surface area contributed by atoms with E-state index in [2.05, 4.69) is 24.1 Å². The Morgan fingerprint density at radius 2 is 2.21 bits per heavy atom. The van der Waals surface area contributed by atoms with Crippen molar-refractivity contribution in [2.75, 3.05) is 13.1 Å². The summed E-state index contributed by atoms with van der Waals surface area (Å²) in [5.41, 5.74) is 8.30. The van der Waals surface area contributed by atoms with E-state index in [0.717, 1.165) is 30.6 Å². The lowest BCUT2D eigenvalue weighted by molar-refractivity contribution is 0.339. The Balaban J connectivity index is 1.89. The zero-order chi connectivity index (χ0) is 13.9. The van der Waals surface area contributed by atoms with E-state index < -0.39 is 5.76 Å². The molecule has 0 radical (unpaired) electrons. The normalized spacial score (nSPS) is 12.2. The number of nitrogens with one attached hydrogen (secondary N) is 2. The van der Waals surface area contributed by atoms with E-state index in [1.165, 1.54) is 0 Å². The molecule has 0 saturated carbocycles. The molecule has 4 N–H and O–H groups in total. The molecule has 0 bridgehead atoms. The first-order chi connectivity index (χ1) is 9.00. The van der Waals surface area contributed by atoms with Crippen LogP contribution in [0.15, 0.2) is 27.4 Å². The summed E-state index contributed by atoms with van der Waals surface area (Å²) >= 11 is 0. The molecule has 1 aromatic carbocycles. The minimum atomic E-state index is -0.412. The van der Waals surface area contributed by atoms with Crippen LogP contribution >= 0.6 is 0 Å². The van der Waals surface area contributed by atoms with Gasteiger partial charge in [0, 0.05) is 6.54 Å². The number of hydrogen-bond acceptors (Lipinski definition) is 4. The molecule has 0 saturated heterocycles. The summed E-state index contributed by atoms with van der Waals surface area (Å²) in [5.74, 6) is -0.412. The van der Waals surface area contributed by atoms with Crippen molar-refractivity contribution in [2.24, 2.45) is 11.1 Å². The van der Waals surface area contributed by atoms with Crippen LogP contribution < -0.4 is 16.8 Å². The second-order valence-electron chi connectivity index (χ2n) is 5.64. The van der Waals surface area contributed by atoms with Crippen LogP contribution in [0.2, 0.25) is 0 Å². The number of fused-ring (bicyclic) bond motifs is 1. The Morgan fingerprint density at radius 1 is 1.42 bits per heavy atom. The second kappa shape index (κ2) is 5.59. The van der Waals surface area contributed by atoms with E-state index in [4.69, 9.17) is 10.2 Å². The number of aromatic amines is 1. The molecular formula is C14H21N3O2. The molecule has 5 heteroatoms. The van der Waals surface area contributed by atoms with Gasteiger partial charge in [-0.25, -0.2) is 4.79 Å². The van der Waals surface area contributed by atoms with Crippen molar-refractivity contribution in [3.05, 3.63) is 34.3 Å². The Labute approximate surface area is 112 Å². The van der Waals surface area contributed by atoms with Crippen molar-refractivity contribution in [3.8, 4) is 0 Å². The van der Waals surface area contributed by atoms with Gasteiger partial charge >= 0.3 is 5.76 Å². The molecule has 0 aliphatic carbocycles. The van der Waals surface area contributed by atoms with Gasteiger partial charge in [-0.2, -0.15) is 0 Å². The summed E-state index contributed by atoms with van der Waals surface area (Å²) in [7, 11) is 0. The molecule has 0 aliphatic heterocycles. The van der Waals surface area contributed by atoms with Gasteiger partial charge in [-0.1, -0.05) is 19.9 Å². The molecular weight excluding hydrogens is 242 g/mol. The molecule has 2 rings (SSSR count). The van der Waals surface area contributed by atoms with Crippen molar-refractivity contribution in [3.63, 3.8) is 0 Å². The van der Waals surface area contributed by atoms with Gasteiger partial charge in [-0.05, 0) is 42.6 Å². The van der Waals surface area contributed by atoms with Gasteiger partial charge in [0.15, 0.2) is 5.58 Å². The molecule has 0 unspecified atom stereocenters. The Morgan fingerprint density at radius 3 is 2.95 bits per heavy atom. The van der Waals surface area contributed by atoms with Gasteiger partial charge in [0.05, 0.1) is 5.52 Å². The average Bonchev–Trinajstić information content (AvgIpc) is 2.74. The molecule has 0 aliphatic rings. The first kappa shape index (κ1) is 13.8. The van der Waals surface area contributed by atoms with Crippen molar-refractivity contribution in [2.45, 2.75) is 26.8 Å². The molecule has 19 heavy (non-hydrogen) atoms. The highest BCUT2D eigenvalue weighted by Gasteiger charge is 2.14. The number of benzene rings is 1. The number of oxazole rings is 1. The number of aromatic nitrogens is 1. The standard InChI is InChI=1S/C14H21N3O2/c1-14(2,9-15)5-6-16-8-10-3-4-11-12(7-10)19-13(18)17-11/h3-4,7,16H,5-6,8-9,15H2,1-2H3,(H,17,18). The fourth-order valence-corrected chi connectivity index (χ4v) is 1.86. The summed E-state index contributed by atoms with van der Waals surface area (Å²) in [4.78, 5) is 13.7. The summed E-state index contributed by atoms with van der Waals surface area (Å²) in [6.07, 6.45) is 1.03. The number of H-pyrrole nitrogens is 1. The molecule has 0 atom stereocenters. The molecule has 2 aromatic rings.